The highest BCUT2D eigenvalue weighted by Crippen LogP contribution is 2.46. The van der Waals surface area contributed by atoms with Gasteiger partial charge in [0.05, 0.1) is 6.07 Å². The summed E-state index contributed by atoms with van der Waals surface area (Å²) in [7, 11) is 0. The fraction of sp³-hybridized carbons (Fsp3) is 0.962. The smallest absolute Gasteiger partial charge is 0.0621 e. The van der Waals surface area contributed by atoms with Crippen LogP contribution in [0.15, 0.2) is 0 Å². The van der Waals surface area contributed by atoms with Crippen molar-refractivity contribution < 1.29 is 0 Å². The Morgan fingerprint density at radius 3 is 1.48 bits per heavy atom. The fourth-order valence-corrected chi connectivity index (χ4v) is 6.92. The van der Waals surface area contributed by atoms with E-state index in [9.17, 15) is 0 Å². The predicted molar refractivity (Wildman–Crippen MR) is 115 cm³/mol. The molecule has 1 nitrogen and oxygen atoms in total. The lowest BCUT2D eigenvalue weighted by molar-refractivity contribution is 0.103. The molecule has 3 aliphatic rings. The van der Waals surface area contributed by atoms with Crippen molar-refractivity contribution >= 4 is 0 Å². The second-order valence-electron chi connectivity index (χ2n) is 10.4. The van der Waals surface area contributed by atoms with E-state index in [1.165, 1.54) is 64.2 Å². The summed E-state index contributed by atoms with van der Waals surface area (Å²) in [6, 6.07) is 2.28. The van der Waals surface area contributed by atoms with E-state index in [1.54, 1.807) is 38.5 Å². The van der Waals surface area contributed by atoms with Gasteiger partial charge in [-0.05, 0) is 93.3 Å². The molecule has 3 rings (SSSR count). The van der Waals surface area contributed by atoms with Crippen molar-refractivity contribution in [3.63, 3.8) is 0 Å². The molecular formula is C26H45N. The first-order valence-corrected chi connectivity index (χ1v) is 12.7. The minimum atomic E-state index is 0.759. The quantitative estimate of drug-likeness (QED) is 0.394. The van der Waals surface area contributed by atoms with Crippen molar-refractivity contribution in [2.45, 2.75) is 122 Å². The van der Waals surface area contributed by atoms with Crippen LogP contribution in [0.5, 0.6) is 0 Å². The van der Waals surface area contributed by atoms with Crippen molar-refractivity contribution in [1.82, 2.24) is 0 Å². The molecule has 154 valence electrons. The normalized spacial score (nSPS) is 37.6. The van der Waals surface area contributed by atoms with Gasteiger partial charge < -0.3 is 0 Å². The van der Waals surface area contributed by atoms with Crippen molar-refractivity contribution in [3.8, 4) is 6.07 Å². The third-order valence-electron chi connectivity index (χ3n) is 8.91. The SMILES string of the molecule is CCC1CCC(C2CCC(C3CCC(CCCCCC#N)CC3)CC2)CC1. The lowest BCUT2D eigenvalue weighted by Gasteiger charge is -2.41. The number of nitriles is 1. The molecule has 0 radical (unpaired) electrons. The number of hydrogen-bond acceptors (Lipinski definition) is 1. The summed E-state index contributed by atoms with van der Waals surface area (Å²) < 4.78 is 0. The molecule has 0 N–H and O–H groups in total. The molecule has 0 spiro atoms. The molecular weight excluding hydrogens is 326 g/mol. The second-order valence-corrected chi connectivity index (χ2v) is 10.4. The average Bonchev–Trinajstić information content (AvgIpc) is 2.74. The van der Waals surface area contributed by atoms with Crippen LogP contribution in [0.1, 0.15) is 122 Å². The van der Waals surface area contributed by atoms with Crippen LogP contribution in [0.3, 0.4) is 0 Å². The molecule has 0 unspecified atom stereocenters. The van der Waals surface area contributed by atoms with Crippen LogP contribution >= 0.6 is 0 Å². The van der Waals surface area contributed by atoms with E-state index >= 15 is 0 Å². The maximum atomic E-state index is 8.63. The summed E-state index contributed by atoms with van der Waals surface area (Å²) in [4.78, 5) is 0. The molecule has 0 saturated heterocycles. The minimum absolute atomic E-state index is 0.759. The topological polar surface area (TPSA) is 23.8 Å². The van der Waals surface area contributed by atoms with Crippen molar-refractivity contribution in [2.75, 3.05) is 0 Å². The molecule has 0 aromatic carbocycles. The highest BCUT2D eigenvalue weighted by atomic mass is 14.4. The Morgan fingerprint density at radius 2 is 1.04 bits per heavy atom. The fourth-order valence-electron chi connectivity index (χ4n) is 6.92. The van der Waals surface area contributed by atoms with E-state index in [0.29, 0.717) is 0 Å². The third-order valence-corrected chi connectivity index (χ3v) is 8.91. The molecule has 0 heterocycles. The van der Waals surface area contributed by atoms with Gasteiger partial charge in [0.25, 0.3) is 0 Å². The van der Waals surface area contributed by atoms with Gasteiger partial charge in [-0.1, -0.05) is 58.3 Å². The number of nitrogens with zero attached hydrogens (tertiary/aromatic N) is 1. The van der Waals surface area contributed by atoms with Gasteiger partial charge in [0.2, 0.25) is 0 Å². The van der Waals surface area contributed by atoms with Gasteiger partial charge in [0.1, 0.15) is 0 Å². The Balaban J connectivity index is 1.29. The Hall–Kier alpha value is -0.510. The van der Waals surface area contributed by atoms with Gasteiger partial charge in [-0.2, -0.15) is 5.26 Å². The summed E-state index contributed by atoms with van der Waals surface area (Å²) in [5.74, 6) is 6.38. The maximum absolute atomic E-state index is 8.63. The van der Waals surface area contributed by atoms with Gasteiger partial charge in [0, 0.05) is 6.42 Å². The Kier molecular flexibility index (Phi) is 9.02. The Morgan fingerprint density at radius 1 is 0.593 bits per heavy atom. The second kappa shape index (κ2) is 11.5. The minimum Gasteiger partial charge on any atom is -0.198 e. The summed E-state index contributed by atoms with van der Waals surface area (Å²) in [5, 5.41) is 8.63. The molecule has 3 fully saturated rings. The van der Waals surface area contributed by atoms with E-state index in [-0.39, 0.29) is 0 Å². The van der Waals surface area contributed by atoms with E-state index < -0.39 is 0 Å². The summed E-state index contributed by atoms with van der Waals surface area (Å²) in [6.45, 7) is 2.39. The number of rotatable bonds is 8. The van der Waals surface area contributed by atoms with Gasteiger partial charge in [-0.3, -0.25) is 0 Å². The summed E-state index contributed by atoms with van der Waals surface area (Å²) in [6.07, 6.45) is 25.8. The molecule has 0 atom stereocenters. The molecule has 3 saturated carbocycles. The van der Waals surface area contributed by atoms with Gasteiger partial charge in [0.15, 0.2) is 0 Å². The van der Waals surface area contributed by atoms with Gasteiger partial charge in [-0.25, -0.2) is 0 Å². The van der Waals surface area contributed by atoms with Crippen LogP contribution in [0, 0.1) is 46.8 Å². The van der Waals surface area contributed by atoms with Crippen molar-refractivity contribution in [3.05, 3.63) is 0 Å². The van der Waals surface area contributed by atoms with Crippen LogP contribution in [-0.2, 0) is 0 Å². The average molecular weight is 372 g/mol. The molecule has 3 aliphatic carbocycles. The first kappa shape index (κ1) is 21.2. The third kappa shape index (κ3) is 6.51. The van der Waals surface area contributed by atoms with E-state index in [4.69, 9.17) is 5.26 Å². The molecule has 0 aromatic heterocycles. The van der Waals surface area contributed by atoms with Gasteiger partial charge >= 0.3 is 0 Å². The lowest BCUT2D eigenvalue weighted by atomic mass is 9.64. The number of unbranched alkanes of at least 4 members (excludes halogenated alkanes) is 3. The zero-order chi connectivity index (χ0) is 18.9. The molecule has 0 aromatic rings. The highest BCUT2D eigenvalue weighted by molar-refractivity contribution is 4.85. The molecule has 0 amide bonds. The predicted octanol–water partition coefficient (Wildman–Crippen LogP) is 8.29. The first-order valence-electron chi connectivity index (χ1n) is 12.7. The highest BCUT2D eigenvalue weighted by Gasteiger charge is 2.34. The van der Waals surface area contributed by atoms with Crippen LogP contribution < -0.4 is 0 Å². The summed E-state index contributed by atoms with van der Waals surface area (Å²) >= 11 is 0. The lowest BCUT2D eigenvalue weighted by Crippen LogP contribution is -2.29. The van der Waals surface area contributed by atoms with Crippen LogP contribution in [0.2, 0.25) is 0 Å². The van der Waals surface area contributed by atoms with Gasteiger partial charge in [-0.15, -0.1) is 0 Å². The van der Waals surface area contributed by atoms with Crippen LogP contribution in [0.4, 0.5) is 0 Å². The molecule has 0 aliphatic heterocycles. The van der Waals surface area contributed by atoms with E-state index in [0.717, 1.165) is 48.3 Å². The largest absolute Gasteiger partial charge is 0.198 e. The maximum Gasteiger partial charge on any atom is 0.0621 e. The first-order chi connectivity index (χ1) is 13.3. The van der Waals surface area contributed by atoms with Crippen LogP contribution in [-0.4, -0.2) is 0 Å². The monoisotopic (exact) mass is 371 g/mol. The Bertz CT molecular complexity index is 426. The standard InChI is InChI=1S/C26H45N/c1-2-21-8-12-23(13-9-21)25-16-18-26(19-17-25)24-14-10-22(11-15-24)7-5-3-4-6-20-27/h21-26H,2-19H2,1H3. The molecule has 0 bridgehead atoms. The molecule has 1 heteroatoms. The van der Waals surface area contributed by atoms with Crippen molar-refractivity contribution in [2.24, 2.45) is 35.5 Å². The zero-order valence-corrected chi connectivity index (χ0v) is 18.1. The summed E-state index contributed by atoms with van der Waals surface area (Å²) in [5.41, 5.74) is 0. The van der Waals surface area contributed by atoms with E-state index in [1.807, 2.05) is 0 Å². The molecule has 27 heavy (non-hydrogen) atoms. The Labute approximate surface area is 169 Å². The van der Waals surface area contributed by atoms with Crippen LogP contribution in [0.25, 0.3) is 0 Å². The zero-order valence-electron chi connectivity index (χ0n) is 18.1. The van der Waals surface area contributed by atoms with Crippen molar-refractivity contribution in [1.29, 1.82) is 5.26 Å². The number of hydrogen-bond donors (Lipinski definition) is 0. The van der Waals surface area contributed by atoms with E-state index in [2.05, 4.69) is 13.0 Å².